The lowest BCUT2D eigenvalue weighted by Gasteiger charge is -2.28. The minimum Gasteiger partial charge on any atom is -0.306 e. The number of halogens is 1. The lowest BCUT2D eigenvalue weighted by Crippen LogP contribution is -2.31. The van der Waals surface area contributed by atoms with Gasteiger partial charge in [0.05, 0.1) is 11.9 Å². The third-order valence-corrected chi connectivity index (χ3v) is 5.06. The maximum absolute atomic E-state index is 13.1. The Morgan fingerprint density at radius 1 is 1.30 bits per heavy atom. The number of nitrogens with zero attached hydrogens (tertiary/aromatic N) is 1. The summed E-state index contributed by atoms with van der Waals surface area (Å²) in [6.07, 6.45) is 8.18. The number of rotatable bonds is 5. The molecule has 0 saturated heterocycles. The number of aromatic nitrogens is 1. The van der Waals surface area contributed by atoms with Crippen LogP contribution in [0.2, 0.25) is 0 Å². The summed E-state index contributed by atoms with van der Waals surface area (Å²) in [4.78, 5) is 4.30. The zero-order valence-corrected chi connectivity index (χ0v) is 12.5. The average Bonchev–Trinajstić information content (AvgIpc) is 3.00. The van der Waals surface area contributed by atoms with Crippen molar-refractivity contribution in [3.05, 3.63) is 29.8 Å². The Morgan fingerprint density at radius 2 is 2.15 bits per heavy atom. The minimum absolute atomic E-state index is 0.253. The van der Waals surface area contributed by atoms with Crippen LogP contribution in [0.5, 0.6) is 0 Å². The number of hydrogen-bond donors (Lipinski definition) is 1. The summed E-state index contributed by atoms with van der Waals surface area (Å²) < 4.78 is 13.1. The largest absolute Gasteiger partial charge is 0.306 e. The van der Waals surface area contributed by atoms with Crippen molar-refractivity contribution >= 4 is 0 Å². The fourth-order valence-electron chi connectivity index (χ4n) is 4.24. The summed E-state index contributed by atoms with van der Waals surface area (Å²) in [5, 5.41) is 3.62. The van der Waals surface area contributed by atoms with Gasteiger partial charge in [0.15, 0.2) is 0 Å². The topological polar surface area (TPSA) is 24.9 Å². The van der Waals surface area contributed by atoms with Crippen molar-refractivity contribution in [2.75, 3.05) is 0 Å². The van der Waals surface area contributed by atoms with Crippen LogP contribution in [0.25, 0.3) is 0 Å². The summed E-state index contributed by atoms with van der Waals surface area (Å²) >= 11 is 0. The summed E-state index contributed by atoms with van der Waals surface area (Å²) in [6, 6.07) is 4.05. The maximum Gasteiger partial charge on any atom is 0.141 e. The molecule has 0 aliphatic heterocycles. The van der Waals surface area contributed by atoms with E-state index >= 15 is 0 Å². The molecule has 3 heteroatoms. The van der Waals surface area contributed by atoms with Crippen molar-refractivity contribution in [3.63, 3.8) is 0 Å². The van der Waals surface area contributed by atoms with Crippen LogP contribution in [0.3, 0.4) is 0 Å². The van der Waals surface area contributed by atoms with Gasteiger partial charge in [0, 0.05) is 12.1 Å². The molecule has 2 fully saturated rings. The van der Waals surface area contributed by atoms with E-state index in [0.29, 0.717) is 6.04 Å². The highest BCUT2D eigenvalue weighted by atomic mass is 19.1. The van der Waals surface area contributed by atoms with Gasteiger partial charge in [-0.1, -0.05) is 20.3 Å². The zero-order valence-electron chi connectivity index (χ0n) is 12.5. The average molecular weight is 276 g/mol. The predicted molar refractivity (Wildman–Crippen MR) is 78.8 cm³/mol. The number of nitrogens with one attached hydrogen (secondary N) is 1. The lowest BCUT2D eigenvalue weighted by molar-refractivity contribution is 0.270. The van der Waals surface area contributed by atoms with Gasteiger partial charge in [-0.2, -0.15) is 0 Å². The number of hydrogen-bond acceptors (Lipinski definition) is 2. The molecule has 1 aromatic heterocycles. The molecule has 2 aliphatic rings. The quantitative estimate of drug-likeness (QED) is 0.876. The maximum atomic E-state index is 13.1. The van der Waals surface area contributed by atoms with Crippen LogP contribution < -0.4 is 5.32 Å². The fraction of sp³-hybridized carbons (Fsp3) is 0.706. The first kappa shape index (κ1) is 14.0. The molecule has 3 rings (SSSR count). The van der Waals surface area contributed by atoms with E-state index in [9.17, 15) is 4.39 Å². The summed E-state index contributed by atoms with van der Waals surface area (Å²) in [6.45, 7) is 4.33. The molecule has 1 aromatic rings. The highest BCUT2D eigenvalue weighted by Gasteiger charge is 2.40. The van der Waals surface area contributed by atoms with Crippen LogP contribution in [0.1, 0.15) is 57.7 Å². The highest BCUT2D eigenvalue weighted by molar-refractivity contribution is 5.11. The Hall–Kier alpha value is -0.960. The highest BCUT2D eigenvalue weighted by Crippen LogP contribution is 2.50. The molecule has 0 aromatic carbocycles. The van der Waals surface area contributed by atoms with E-state index in [0.717, 1.165) is 29.9 Å². The van der Waals surface area contributed by atoms with Crippen LogP contribution in [-0.4, -0.2) is 11.0 Å². The van der Waals surface area contributed by atoms with E-state index in [4.69, 9.17) is 0 Å². The molecule has 4 unspecified atom stereocenters. The van der Waals surface area contributed by atoms with Gasteiger partial charge in [0.25, 0.3) is 0 Å². The van der Waals surface area contributed by atoms with Gasteiger partial charge < -0.3 is 5.32 Å². The third kappa shape index (κ3) is 3.03. The second-order valence-electron chi connectivity index (χ2n) is 6.95. The molecule has 0 amide bonds. The molecule has 110 valence electrons. The molecule has 1 heterocycles. The molecular weight excluding hydrogens is 251 g/mol. The van der Waals surface area contributed by atoms with Crippen LogP contribution >= 0.6 is 0 Å². The van der Waals surface area contributed by atoms with Crippen molar-refractivity contribution in [2.24, 2.45) is 17.8 Å². The summed E-state index contributed by atoms with van der Waals surface area (Å²) in [7, 11) is 0. The second kappa shape index (κ2) is 5.80. The second-order valence-corrected chi connectivity index (χ2v) is 6.95. The van der Waals surface area contributed by atoms with E-state index in [1.807, 2.05) is 6.07 Å². The van der Waals surface area contributed by atoms with Gasteiger partial charge in [-0.05, 0) is 55.6 Å². The molecule has 2 aliphatic carbocycles. The molecule has 2 nitrogen and oxygen atoms in total. The Bertz CT molecular complexity index is 443. The number of pyridine rings is 1. The smallest absolute Gasteiger partial charge is 0.141 e. The fourth-order valence-corrected chi connectivity index (χ4v) is 4.24. The normalized spacial score (nSPS) is 30.1. The molecule has 20 heavy (non-hydrogen) atoms. The van der Waals surface area contributed by atoms with Crippen LogP contribution in [0.15, 0.2) is 18.3 Å². The molecule has 0 radical (unpaired) electrons. The van der Waals surface area contributed by atoms with Gasteiger partial charge in [-0.25, -0.2) is 4.39 Å². The standard InChI is InChI=1S/C17H25FN2/c1-11(2)20-17(16-6-5-15(18)10-19-16)9-14-8-12-3-4-13(14)7-12/h5-6,10-14,17,20H,3-4,7-9H2,1-2H3. The van der Waals surface area contributed by atoms with Gasteiger partial charge >= 0.3 is 0 Å². The van der Waals surface area contributed by atoms with E-state index in [1.165, 1.54) is 37.9 Å². The first-order chi connectivity index (χ1) is 9.61. The van der Waals surface area contributed by atoms with Crippen LogP contribution in [-0.2, 0) is 0 Å². The molecular formula is C17H25FN2. The number of fused-ring (bicyclic) bond motifs is 2. The van der Waals surface area contributed by atoms with Crippen LogP contribution in [0.4, 0.5) is 4.39 Å². The first-order valence-corrected chi connectivity index (χ1v) is 7.99. The molecule has 2 bridgehead atoms. The molecule has 1 N–H and O–H groups in total. The zero-order chi connectivity index (χ0) is 14.1. The van der Waals surface area contributed by atoms with Gasteiger partial charge in [-0.15, -0.1) is 0 Å². The van der Waals surface area contributed by atoms with E-state index < -0.39 is 0 Å². The third-order valence-electron chi connectivity index (χ3n) is 5.06. The van der Waals surface area contributed by atoms with Gasteiger partial charge in [0.1, 0.15) is 5.82 Å². The minimum atomic E-state index is -0.253. The van der Waals surface area contributed by atoms with Crippen molar-refractivity contribution in [3.8, 4) is 0 Å². The molecule has 4 atom stereocenters. The van der Waals surface area contributed by atoms with Gasteiger partial charge in [-0.3, -0.25) is 4.98 Å². The Kier molecular flexibility index (Phi) is 4.06. The van der Waals surface area contributed by atoms with E-state index in [1.54, 1.807) is 0 Å². The Labute approximate surface area is 121 Å². The Morgan fingerprint density at radius 3 is 2.70 bits per heavy atom. The van der Waals surface area contributed by atoms with E-state index in [2.05, 4.69) is 24.1 Å². The predicted octanol–water partition coefficient (Wildman–Crippen LogP) is 4.09. The lowest BCUT2D eigenvalue weighted by atomic mass is 9.83. The Balaban J connectivity index is 1.71. The van der Waals surface area contributed by atoms with Crippen molar-refractivity contribution < 1.29 is 4.39 Å². The van der Waals surface area contributed by atoms with Crippen LogP contribution in [0, 0.1) is 23.6 Å². The van der Waals surface area contributed by atoms with Crippen molar-refractivity contribution in [1.82, 2.24) is 10.3 Å². The van der Waals surface area contributed by atoms with E-state index in [-0.39, 0.29) is 11.9 Å². The monoisotopic (exact) mass is 276 g/mol. The molecule has 2 saturated carbocycles. The van der Waals surface area contributed by atoms with Gasteiger partial charge in [0.2, 0.25) is 0 Å². The first-order valence-electron chi connectivity index (χ1n) is 7.99. The summed E-state index contributed by atoms with van der Waals surface area (Å²) in [5.74, 6) is 2.48. The summed E-state index contributed by atoms with van der Waals surface area (Å²) in [5.41, 5.74) is 0.989. The van der Waals surface area contributed by atoms with Crippen molar-refractivity contribution in [1.29, 1.82) is 0 Å². The SMILES string of the molecule is CC(C)NC(CC1CC2CCC1C2)c1ccc(F)cn1. The van der Waals surface area contributed by atoms with Crippen molar-refractivity contribution in [2.45, 2.75) is 58.0 Å². The molecule has 0 spiro atoms.